The zero-order valence-corrected chi connectivity index (χ0v) is 18.7. The summed E-state index contributed by atoms with van der Waals surface area (Å²) in [6, 6.07) is 11.8. The van der Waals surface area contributed by atoms with Gasteiger partial charge < -0.3 is 4.90 Å². The molecule has 5 rings (SSSR count). The van der Waals surface area contributed by atoms with Crippen molar-refractivity contribution in [1.82, 2.24) is 34.3 Å². The number of hydrogen-bond acceptors (Lipinski definition) is 5. The van der Waals surface area contributed by atoms with E-state index in [1.165, 1.54) is 5.56 Å². The van der Waals surface area contributed by atoms with Gasteiger partial charge in [0.05, 0.1) is 28.5 Å². The quantitative estimate of drug-likeness (QED) is 0.499. The molecule has 0 aliphatic carbocycles. The van der Waals surface area contributed by atoms with Crippen molar-refractivity contribution in [3.63, 3.8) is 0 Å². The van der Waals surface area contributed by atoms with Crippen LogP contribution in [0.15, 0.2) is 48.8 Å². The normalized spacial score (nSPS) is 14.9. The lowest BCUT2D eigenvalue weighted by Crippen LogP contribution is -2.48. The molecule has 0 atom stereocenters. The molecule has 8 heteroatoms. The zero-order chi connectivity index (χ0) is 22.2. The maximum Gasteiger partial charge on any atom is 0.254 e. The number of benzene rings is 1. The lowest BCUT2D eigenvalue weighted by Gasteiger charge is -2.34. The van der Waals surface area contributed by atoms with Gasteiger partial charge in [0.15, 0.2) is 5.65 Å². The van der Waals surface area contributed by atoms with Crippen molar-refractivity contribution in [1.29, 1.82) is 0 Å². The number of nitrogens with zero attached hydrogens (tertiary/aromatic N) is 7. The molecule has 0 bridgehead atoms. The van der Waals surface area contributed by atoms with Gasteiger partial charge in [-0.15, -0.1) is 0 Å². The third-order valence-electron chi connectivity index (χ3n) is 6.00. The number of rotatable bonds is 4. The molecule has 1 aliphatic heterocycles. The van der Waals surface area contributed by atoms with Gasteiger partial charge >= 0.3 is 0 Å². The number of carbonyl (C=O) groups is 1. The molecule has 1 aliphatic rings. The summed E-state index contributed by atoms with van der Waals surface area (Å²) >= 11 is 0. The fourth-order valence-corrected chi connectivity index (χ4v) is 4.42. The summed E-state index contributed by atoms with van der Waals surface area (Å²) in [6.45, 7) is 7.83. The Kier molecular flexibility index (Phi) is 5.22. The van der Waals surface area contributed by atoms with E-state index in [2.05, 4.69) is 10.00 Å². The van der Waals surface area contributed by atoms with Gasteiger partial charge in [-0.2, -0.15) is 10.2 Å². The standard InChI is InChI=1S/C24H27N7O/c1-17-13-21(22-18(2)27-31(23(22)26-17)20-7-5-4-6-8-20)24(32)30-11-9-29(10-12-30)16-19-14-25-28(3)15-19/h4-8,13-15H,9-12,16H2,1-3H3. The summed E-state index contributed by atoms with van der Waals surface area (Å²) in [5.41, 5.74) is 5.18. The highest BCUT2D eigenvalue weighted by Gasteiger charge is 2.26. The van der Waals surface area contributed by atoms with Crippen LogP contribution in [-0.2, 0) is 13.6 Å². The van der Waals surface area contributed by atoms with Gasteiger partial charge in [-0.3, -0.25) is 14.4 Å². The molecule has 0 saturated carbocycles. The molecule has 0 N–H and O–H groups in total. The summed E-state index contributed by atoms with van der Waals surface area (Å²) < 4.78 is 3.66. The first-order valence-electron chi connectivity index (χ1n) is 10.9. The number of aryl methyl sites for hydroxylation is 3. The molecule has 1 saturated heterocycles. The molecule has 32 heavy (non-hydrogen) atoms. The number of carbonyl (C=O) groups excluding carboxylic acids is 1. The number of aromatic nitrogens is 5. The van der Waals surface area contributed by atoms with Gasteiger partial charge in [-0.25, -0.2) is 9.67 Å². The third-order valence-corrected chi connectivity index (χ3v) is 6.00. The highest BCUT2D eigenvalue weighted by molar-refractivity contribution is 6.06. The smallest absolute Gasteiger partial charge is 0.254 e. The number of hydrogen-bond donors (Lipinski definition) is 0. The van der Waals surface area contributed by atoms with Crippen LogP contribution in [0.2, 0.25) is 0 Å². The Labute approximate surface area is 187 Å². The Bertz CT molecular complexity index is 1270. The molecular formula is C24H27N7O. The molecule has 1 fully saturated rings. The van der Waals surface area contributed by atoms with Crippen molar-refractivity contribution in [3.05, 3.63) is 71.3 Å². The van der Waals surface area contributed by atoms with Gasteiger partial charge in [0.1, 0.15) is 0 Å². The molecule has 3 aromatic heterocycles. The van der Waals surface area contributed by atoms with Crippen molar-refractivity contribution in [3.8, 4) is 5.69 Å². The van der Waals surface area contributed by atoms with Crippen LogP contribution in [0.4, 0.5) is 0 Å². The highest BCUT2D eigenvalue weighted by atomic mass is 16.2. The number of fused-ring (bicyclic) bond motifs is 1. The predicted octanol–water partition coefficient (Wildman–Crippen LogP) is 2.73. The second-order valence-electron chi connectivity index (χ2n) is 8.43. The highest BCUT2D eigenvalue weighted by Crippen LogP contribution is 2.26. The molecule has 0 spiro atoms. The number of pyridine rings is 1. The predicted molar refractivity (Wildman–Crippen MR) is 123 cm³/mol. The average Bonchev–Trinajstić information content (AvgIpc) is 3.36. The van der Waals surface area contributed by atoms with Gasteiger partial charge in [0.2, 0.25) is 0 Å². The Morgan fingerprint density at radius 3 is 2.50 bits per heavy atom. The minimum atomic E-state index is 0.0530. The first-order chi connectivity index (χ1) is 15.5. The molecular weight excluding hydrogens is 402 g/mol. The minimum absolute atomic E-state index is 0.0530. The SMILES string of the molecule is Cc1cc(C(=O)N2CCN(Cc3cnn(C)c3)CC2)c2c(C)nn(-c3ccccc3)c2n1. The maximum absolute atomic E-state index is 13.6. The summed E-state index contributed by atoms with van der Waals surface area (Å²) in [5.74, 6) is 0.0530. The Morgan fingerprint density at radius 2 is 1.81 bits per heavy atom. The van der Waals surface area contributed by atoms with Crippen LogP contribution in [-0.4, -0.2) is 66.4 Å². The molecule has 4 heterocycles. The van der Waals surface area contributed by atoms with Crippen molar-refractivity contribution < 1.29 is 4.79 Å². The van der Waals surface area contributed by atoms with Crippen LogP contribution in [0.5, 0.6) is 0 Å². The average molecular weight is 430 g/mol. The van der Waals surface area contributed by atoms with Gasteiger partial charge in [0.25, 0.3) is 5.91 Å². The summed E-state index contributed by atoms with van der Waals surface area (Å²) in [7, 11) is 1.93. The topological polar surface area (TPSA) is 72.1 Å². The summed E-state index contributed by atoms with van der Waals surface area (Å²) in [5, 5.41) is 9.80. The largest absolute Gasteiger partial charge is 0.336 e. The second kappa shape index (κ2) is 8.20. The van der Waals surface area contributed by atoms with E-state index < -0.39 is 0 Å². The van der Waals surface area contributed by atoms with Gasteiger partial charge in [0, 0.05) is 57.2 Å². The second-order valence-corrected chi connectivity index (χ2v) is 8.43. The van der Waals surface area contributed by atoms with Gasteiger partial charge in [-0.05, 0) is 32.0 Å². The first-order valence-corrected chi connectivity index (χ1v) is 10.9. The van der Waals surface area contributed by atoms with E-state index in [0.717, 1.165) is 47.7 Å². The molecule has 164 valence electrons. The Morgan fingerprint density at radius 1 is 1.06 bits per heavy atom. The van der Waals surface area contributed by atoms with Crippen LogP contribution >= 0.6 is 0 Å². The Hall–Kier alpha value is -3.52. The Balaban J connectivity index is 1.40. The maximum atomic E-state index is 13.6. The van der Waals surface area contributed by atoms with E-state index >= 15 is 0 Å². The van der Waals surface area contributed by atoms with Crippen LogP contribution < -0.4 is 0 Å². The van der Waals surface area contributed by atoms with Gasteiger partial charge in [-0.1, -0.05) is 18.2 Å². The molecule has 1 aromatic carbocycles. The van der Waals surface area contributed by atoms with E-state index in [9.17, 15) is 4.79 Å². The van der Waals surface area contributed by atoms with E-state index in [-0.39, 0.29) is 5.91 Å². The molecule has 0 radical (unpaired) electrons. The van der Waals surface area contributed by atoms with Crippen molar-refractivity contribution >= 4 is 16.9 Å². The zero-order valence-electron chi connectivity index (χ0n) is 18.7. The van der Waals surface area contributed by atoms with Crippen molar-refractivity contribution in [2.45, 2.75) is 20.4 Å². The van der Waals surface area contributed by atoms with Crippen LogP contribution in [0.25, 0.3) is 16.7 Å². The van der Waals surface area contributed by atoms with E-state index in [1.54, 1.807) is 0 Å². The number of amides is 1. The van der Waals surface area contributed by atoms with E-state index in [0.29, 0.717) is 18.7 Å². The van der Waals surface area contributed by atoms with Crippen molar-refractivity contribution in [2.24, 2.45) is 7.05 Å². The van der Waals surface area contributed by atoms with E-state index in [1.807, 2.05) is 84.0 Å². The van der Waals surface area contributed by atoms with Crippen LogP contribution in [0.1, 0.15) is 27.3 Å². The summed E-state index contributed by atoms with van der Waals surface area (Å²) in [6.07, 6.45) is 3.95. The van der Waals surface area contributed by atoms with E-state index in [4.69, 9.17) is 10.1 Å². The monoisotopic (exact) mass is 429 g/mol. The lowest BCUT2D eigenvalue weighted by atomic mass is 10.1. The van der Waals surface area contributed by atoms with Crippen LogP contribution in [0, 0.1) is 13.8 Å². The molecule has 4 aromatic rings. The number of para-hydroxylation sites is 1. The van der Waals surface area contributed by atoms with Crippen LogP contribution in [0.3, 0.4) is 0 Å². The lowest BCUT2D eigenvalue weighted by molar-refractivity contribution is 0.0630. The first kappa shape index (κ1) is 20.4. The molecule has 8 nitrogen and oxygen atoms in total. The molecule has 0 unspecified atom stereocenters. The fourth-order valence-electron chi connectivity index (χ4n) is 4.42. The number of piperazine rings is 1. The fraction of sp³-hybridized carbons (Fsp3) is 0.333. The third kappa shape index (κ3) is 3.78. The minimum Gasteiger partial charge on any atom is -0.336 e. The molecule has 1 amide bonds. The summed E-state index contributed by atoms with van der Waals surface area (Å²) in [4.78, 5) is 22.6. The van der Waals surface area contributed by atoms with Crippen molar-refractivity contribution in [2.75, 3.05) is 26.2 Å².